The Hall–Kier alpha value is -5.17. The van der Waals surface area contributed by atoms with Gasteiger partial charge in [-0.25, -0.2) is 4.98 Å². The molecule has 4 aromatic rings. The highest BCUT2D eigenvalue weighted by atomic mass is 16.2. The number of rotatable bonds is 9. The summed E-state index contributed by atoms with van der Waals surface area (Å²) in [6.45, 7) is 6.04. The number of hydrogen-bond acceptors (Lipinski definition) is 10. The maximum Gasteiger partial charge on any atom is 0.262 e. The summed E-state index contributed by atoms with van der Waals surface area (Å²) in [5, 5.41) is 10.3. The number of nitrogens with zero attached hydrogens (tertiary/aromatic N) is 7. The molecule has 0 spiro atoms. The zero-order valence-electron chi connectivity index (χ0n) is 28.3. The second kappa shape index (κ2) is 12.9. The predicted molar refractivity (Wildman–Crippen MR) is 188 cm³/mol. The van der Waals surface area contributed by atoms with Crippen LogP contribution in [0.4, 0.5) is 11.4 Å². The first-order chi connectivity index (χ1) is 24.2. The molecule has 1 saturated carbocycles. The van der Waals surface area contributed by atoms with Crippen molar-refractivity contribution < 1.29 is 19.2 Å². The maximum atomic E-state index is 13.1. The molecule has 2 aromatic carbocycles. The van der Waals surface area contributed by atoms with Crippen molar-refractivity contribution >= 4 is 46.0 Å². The van der Waals surface area contributed by atoms with Gasteiger partial charge >= 0.3 is 0 Å². The molecule has 1 unspecified atom stereocenters. The van der Waals surface area contributed by atoms with Crippen molar-refractivity contribution in [1.29, 1.82) is 0 Å². The number of nitrogens with one attached hydrogen (secondary N) is 2. The average Bonchev–Trinajstić information content (AvgIpc) is 3.67. The highest BCUT2D eigenvalue weighted by molar-refractivity contribution is 6.23. The SMILES string of the molecule is C[C@@H]1CN(c2ccc3ncc(-c4cnn(C5CC(CCCNc6ccc7c(c6)C(=O)N(C6CCC(=O)NC6=O)C7=O)C5)c4)nc3c2)CCN1C. The van der Waals surface area contributed by atoms with Gasteiger partial charge in [-0.05, 0) is 88.4 Å². The van der Waals surface area contributed by atoms with Gasteiger partial charge in [-0.2, -0.15) is 5.10 Å². The van der Waals surface area contributed by atoms with E-state index in [1.165, 1.54) is 5.69 Å². The Kier molecular flexibility index (Phi) is 8.30. The molecule has 1 aliphatic carbocycles. The van der Waals surface area contributed by atoms with E-state index in [0.29, 0.717) is 18.0 Å². The Morgan fingerprint density at radius 3 is 2.62 bits per heavy atom. The van der Waals surface area contributed by atoms with Gasteiger partial charge in [0, 0.05) is 61.8 Å². The molecule has 50 heavy (non-hydrogen) atoms. The number of fused-ring (bicyclic) bond motifs is 2. The molecule has 8 rings (SSSR count). The number of carbonyl (C=O) groups is 4. The monoisotopic (exact) mass is 675 g/mol. The van der Waals surface area contributed by atoms with Crippen molar-refractivity contribution in [2.45, 2.75) is 63.6 Å². The molecule has 2 aromatic heterocycles. The van der Waals surface area contributed by atoms with Gasteiger partial charge in [0.1, 0.15) is 6.04 Å². The number of hydrogen-bond donors (Lipinski definition) is 2. The van der Waals surface area contributed by atoms with Crippen molar-refractivity contribution in [1.82, 2.24) is 34.9 Å². The van der Waals surface area contributed by atoms with E-state index in [1.807, 2.05) is 12.4 Å². The number of piperazine rings is 1. The smallest absolute Gasteiger partial charge is 0.262 e. The highest BCUT2D eigenvalue weighted by Crippen LogP contribution is 2.40. The Balaban J connectivity index is 0.819. The van der Waals surface area contributed by atoms with E-state index in [2.05, 4.69) is 68.6 Å². The summed E-state index contributed by atoms with van der Waals surface area (Å²) in [6.07, 6.45) is 10.2. The number of carbonyl (C=O) groups excluding carboxylic acids is 4. The summed E-state index contributed by atoms with van der Waals surface area (Å²) < 4.78 is 2.07. The molecule has 3 fully saturated rings. The number of likely N-dealkylation sites (N-methyl/N-ethyl adjacent to an activating group) is 1. The Morgan fingerprint density at radius 1 is 0.960 bits per heavy atom. The topological polar surface area (TPSA) is 146 Å². The van der Waals surface area contributed by atoms with Gasteiger partial charge in [0.15, 0.2) is 0 Å². The van der Waals surface area contributed by atoms with Crippen LogP contribution in [0.25, 0.3) is 22.3 Å². The molecule has 4 aliphatic rings. The molecular formula is C37H41N9O4. The van der Waals surface area contributed by atoms with Crippen LogP contribution in [0, 0.1) is 5.92 Å². The zero-order chi connectivity index (χ0) is 34.5. The van der Waals surface area contributed by atoms with E-state index in [9.17, 15) is 19.2 Å². The van der Waals surface area contributed by atoms with Crippen molar-refractivity contribution in [3.63, 3.8) is 0 Å². The first kappa shape index (κ1) is 32.1. The van der Waals surface area contributed by atoms with Gasteiger partial charge in [0.05, 0.1) is 46.3 Å². The average molecular weight is 676 g/mol. The van der Waals surface area contributed by atoms with E-state index < -0.39 is 23.8 Å². The number of piperidine rings is 1. The van der Waals surface area contributed by atoms with Crippen LogP contribution < -0.4 is 15.5 Å². The first-order valence-corrected chi connectivity index (χ1v) is 17.6. The molecular weight excluding hydrogens is 634 g/mol. The van der Waals surface area contributed by atoms with Gasteiger partial charge in [-0.1, -0.05) is 0 Å². The molecule has 0 radical (unpaired) electrons. The van der Waals surface area contributed by atoms with Crippen LogP contribution >= 0.6 is 0 Å². The summed E-state index contributed by atoms with van der Waals surface area (Å²) in [6, 6.07) is 11.4. The largest absolute Gasteiger partial charge is 0.385 e. The van der Waals surface area contributed by atoms with Crippen LogP contribution in [0.5, 0.6) is 0 Å². The third-order valence-electron chi connectivity index (χ3n) is 10.9. The zero-order valence-corrected chi connectivity index (χ0v) is 28.3. The Morgan fingerprint density at radius 2 is 1.80 bits per heavy atom. The van der Waals surface area contributed by atoms with Crippen molar-refractivity contribution in [3.8, 4) is 11.3 Å². The van der Waals surface area contributed by atoms with Crippen molar-refractivity contribution in [2.24, 2.45) is 5.92 Å². The van der Waals surface area contributed by atoms with E-state index in [0.717, 1.165) is 84.7 Å². The number of anilines is 2. The van der Waals surface area contributed by atoms with Gasteiger partial charge in [0.25, 0.3) is 11.8 Å². The fraction of sp³-hybridized carbons (Fsp3) is 0.432. The third-order valence-corrected chi connectivity index (χ3v) is 10.9. The number of benzene rings is 2. The number of imide groups is 2. The summed E-state index contributed by atoms with van der Waals surface area (Å²) in [4.78, 5) is 65.4. The molecule has 5 heterocycles. The lowest BCUT2D eigenvalue weighted by atomic mass is 9.77. The van der Waals surface area contributed by atoms with E-state index in [-0.39, 0.29) is 29.9 Å². The molecule has 2 atom stereocenters. The molecule has 0 bridgehead atoms. The number of aromatic nitrogens is 4. The highest BCUT2D eigenvalue weighted by Gasteiger charge is 2.44. The quantitative estimate of drug-likeness (QED) is 0.198. The molecule has 2 saturated heterocycles. The summed E-state index contributed by atoms with van der Waals surface area (Å²) >= 11 is 0. The minimum absolute atomic E-state index is 0.0971. The van der Waals surface area contributed by atoms with Gasteiger partial charge in [-0.15, -0.1) is 0 Å². The first-order valence-electron chi connectivity index (χ1n) is 17.6. The predicted octanol–water partition coefficient (Wildman–Crippen LogP) is 3.88. The normalized spacial score (nSPS) is 24.0. The van der Waals surface area contributed by atoms with Crippen LogP contribution in [-0.4, -0.2) is 98.5 Å². The fourth-order valence-corrected chi connectivity index (χ4v) is 7.65. The maximum absolute atomic E-state index is 13.1. The van der Waals surface area contributed by atoms with Gasteiger partial charge in [0.2, 0.25) is 11.8 Å². The lowest BCUT2D eigenvalue weighted by molar-refractivity contribution is -0.136. The van der Waals surface area contributed by atoms with E-state index in [4.69, 9.17) is 9.97 Å². The van der Waals surface area contributed by atoms with Crippen molar-refractivity contribution in [3.05, 3.63) is 66.1 Å². The molecule has 3 aliphatic heterocycles. The minimum atomic E-state index is -0.964. The molecule has 258 valence electrons. The van der Waals surface area contributed by atoms with E-state index in [1.54, 1.807) is 18.2 Å². The lowest BCUT2D eigenvalue weighted by Crippen LogP contribution is -2.54. The Bertz CT molecular complexity index is 2000. The second-order valence-corrected chi connectivity index (χ2v) is 14.2. The van der Waals surface area contributed by atoms with Crippen LogP contribution in [0.15, 0.2) is 55.0 Å². The van der Waals surface area contributed by atoms with Crippen LogP contribution in [0.1, 0.15) is 72.2 Å². The second-order valence-electron chi connectivity index (χ2n) is 14.2. The third kappa shape index (κ3) is 5.99. The van der Waals surface area contributed by atoms with Gasteiger partial charge in [-0.3, -0.25) is 39.1 Å². The summed E-state index contributed by atoms with van der Waals surface area (Å²) in [5.41, 5.74) is 6.09. The van der Waals surface area contributed by atoms with Crippen LogP contribution in [0.2, 0.25) is 0 Å². The van der Waals surface area contributed by atoms with Crippen molar-refractivity contribution in [2.75, 3.05) is 43.4 Å². The fourth-order valence-electron chi connectivity index (χ4n) is 7.65. The number of amides is 4. The molecule has 4 amide bonds. The molecule has 13 heteroatoms. The summed E-state index contributed by atoms with van der Waals surface area (Å²) in [7, 11) is 2.18. The standard InChI is InChI=1S/C37H41N9O4/c1-22-20-44(13-12-43(22)2)26-6-8-30-31(17-26)41-32(19-39-30)24-18-40-45(21-24)27-14-23(15-27)4-3-11-38-25-5-7-28-29(16-25)37(50)46(36(28)49)33-9-10-34(47)42-35(33)48/h5-8,16-19,21-23,27,33,38H,3-4,9-15,20H2,1-2H3,(H,42,47,48)/t22-,23?,27?,33?/m1/s1. The molecule has 2 N–H and O–H groups in total. The lowest BCUT2D eigenvalue weighted by Gasteiger charge is -2.39. The minimum Gasteiger partial charge on any atom is -0.385 e. The Labute approximate surface area is 290 Å². The van der Waals surface area contributed by atoms with Crippen LogP contribution in [0.3, 0.4) is 0 Å². The molecule has 13 nitrogen and oxygen atoms in total. The van der Waals surface area contributed by atoms with Gasteiger partial charge < -0.3 is 15.1 Å². The van der Waals surface area contributed by atoms with E-state index >= 15 is 0 Å². The summed E-state index contributed by atoms with van der Waals surface area (Å²) in [5.74, 6) is -1.37. The van der Waals surface area contributed by atoms with Crippen LogP contribution in [-0.2, 0) is 9.59 Å².